The summed E-state index contributed by atoms with van der Waals surface area (Å²) in [6.07, 6.45) is 0. The third-order valence-corrected chi connectivity index (χ3v) is 3.11. The van der Waals surface area contributed by atoms with Crippen LogP contribution in [0.4, 0.5) is 5.69 Å². The lowest BCUT2D eigenvalue weighted by atomic mass is 10.3. The maximum absolute atomic E-state index is 10.4. The van der Waals surface area contributed by atoms with Gasteiger partial charge < -0.3 is 0 Å². The minimum Gasteiger partial charge on any atom is -0.258 e. The smallest absolute Gasteiger partial charge is 0.258 e. The number of nitriles is 1. The minimum atomic E-state index is -0.506. The minimum absolute atomic E-state index is 0.0473. The van der Waals surface area contributed by atoms with Crippen LogP contribution in [0.25, 0.3) is 0 Å². The predicted molar refractivity (Wildman–Crippen MR) is 59.0 cm³/mol. The van der Waals surface area contributed by atoms with E-state index in [0.717, 1.165) is 0 Å². The number of nitro groups is 1. The summed E-state index contributed by atoms with van der Waals surface area (Å²) >= 11 is 7.11. The molecule has 0 aliphatic rings. The summed E-state index contributed by atoms with van der Waals surface area (Å²) in [6.45, 7) is 1.74. The lowest BCUT2D eigenvalue weighted by Gasteiger charge is -2.04. The second kappa shape index (κ2) is 5.01. The zero-order chi connectivity index (χ0) is 11.4. The Hall–Kier alpha value is -1.25. The molecule has 0 unspecified atom stereocenters. The molecule has 1 aromatic rings. The number of thioether (sulfide) groups is 1. The second-order valence-corrected chi connectivity index (χ2v) is 4.55. The number of hydrogen-bond acceptors (Lipinski definition) is 4. The molecule has 0 aromatic heterocycles. The summed E-state index contributed by atoms with van der Waals surface area (Å²) in [5.74, 6) is 0. The van der Waals surface area contributed by atoms with Crippen molar-refractivity contribution in [2.24, 2.45) is 0 Å². The Labute approximate surface area is 96.0 Å². The molecular formula is C9H7ClN2O2S. The summed E-state index contributed by atoms with van der Waals surface area (Å²) in [6, 6.07) is 6.26. The van der Waals surface area contributed by atoms with Gasteiger partial charge in [-0.3, -0.25) is 10.1 Å². The summed E-state index contributed by atoms with van der Waals surface area (Å²) in [5, 5.41) is 19.1. The van der Waals surface area contributed by atoms with Gasteiger partial charge in [-0.2, -0.15) is 5.26 Å². The van der Waals surface area contributed by atoms with Crippen LogP contribution in [-0.2, 0) is 0 Å². The van der Waals surface area contributed by atoms with Gasteiger partial charge in [0, 0.05) is 17.0 Å². The highest BCUT2D eigenvalue weighted by Crippen LogP contribution is 2.32. The van der Waals surface area contributed by atoms with Crippen molar-refractivity contribution < 1.29 is 4.92 Å². The van der Waals surface area contributed by atoms with Crippen molar-refractivity contribution >= 4 is 29.1 Å². The Morgan fingerprint density at radius 3 is 2.80 bits per heavy atom. The number of nitrogens with zero attached hydrogens (tertiary/aromatic N) is 2. The van der Waals surface area contributed by atoms with E-state index in [9.17, 15) is 10.1 Å². The summed E-state index contributed by atoms with van der Waals surface area (Å²) in [5.41, 5.74) is -0.0473. The third kappa shape index (κ3) is 3.11. The fraction of sp³-hybridized carbons (Fsp3) is 0.222. The highest BCUT2D eigenvalue weighted by molar-refractivity contribution is 8.00. The van der Waals surface area contributed by atoms with Gasteiger partial charge in [0.2, 0.25) is 0 Å². The standard InChI is InChI=1S/C9H7ClN2O2S/c1-6(5-11)15-9-3-2-7(12(13)14)4-8(9)10/h2-4,6H,1H3/t6-/m0/s1. The maximum Gasteiger partial charge on any atom is 0.270 e. The zero-order valence-corrected chi connectivity index (χ0v) is 9.38. The fourth-order valence-corrected chi connectivity index (χ4v) is 1.98. The summed E-state index contributed by atoms with van der Waals surface area (Å²) in [4.78, 5) is 10.6. The number of halogens is 1. The normalized spacial score (nSPS) is 11.8. The van der Waals surface area contributed by atoms with E-state index in [1.807, 2.05) is 6.07 Å². The Morgan fingerprint density at radius 1 is 1.67 bits per heavy atom. The van der Waals surface area contributed by atoms with Gasteiger partial charge in [-0.05, 0) is 13.0 Å². The molecule has 0 saturated carbocycles. The van der Waals surface area contributed by atoms with Crippen LogP contribution in [0.5, 0.6) is 0 Å². The molecule has 1 atom stereocenters. The molecule has 0 saturated heterocycles. The van der Waals surface area contributed by atoms with Crippen molar-refractivity contribution in [3.05, 3.63) is 33.3 Å². The average Bonchev–Trinajstić information content (AvgIpc) is 2.20. The molecule has 0 spiro atoms. The van der Waals surface area contributed by atoms with Crippen LogP contribution >= 0.6 is 23.4 Å². The number of rotatable bonds is 3. The van der Waals surface area contributed by atoms with Gasteiger partial charge in [-0.15, -0.1) is 11.8 Å². The van der Waals surface area contributed by atoms with Crippen LogP contribution in [0.2, 0.25) is 5.02 Å². The first-order valence-corrected chi connectivity index (χ1v) is 5.30. The topological polar surface area (TPSA) is 66.9 Å². The van der Waals surface area contributed by atoms with E-state index in [1.165, 1.54) is 23.9 Å². The number of hydrogen-bond donors (Lipinski definition) is 0. The molecule has 15 heavy (non-hydrogen) atoms. The van der Waals surface area contributed by atoms with Crippen molar-refractivity contribution in [2.45, 2.75) is 17.1 Å². The van der Waals surface area contributed by atoms with Crippen LogP contribution in [0.15, 0.2) is 23.1 Å². The highest BCUT2D eigenvalue weighted by atomic mass is 35.5. The predicted octanol–water partition coefficient (Wildman–Crippen LogP) is 3.25. The molecule has 0 amide bonds. The third-order valence-electron chi connectivity index (χ3n) is 1.61. The van der Waals surface area contributed by atoms with Gasteiger partial charge in [0.15, 0.2) is 0 Å². The molecule has 0 aliphatic carbocycles. The SMILES string of the molecule is C[C@@H](C#N)Sc1ccc([N+](=O)[O-])cc1Cl. The van der Waals surface area contributed by atoms with Gasteiger partial charge in [0.1, 0.15) is 0 Å². The number of non-ortho nitro benzene ring substituents is 1. The van der Waals surface area contributed by atoms with Gasteiger partial charge >= 0.3 is 0 Å². The quantitative estimate of drug-likeness (QED) is 0.464. The van der Waals surface area contributed by atoms with Crippen molar-refractivity contribution in [1.29, 1.82) is 5.26 Å². The molecule has 0 radical (unpaired) electrons. The molecule has 0 aliphatic heterocycles. The molecule has 1 rings (SSSR count). The lowest BCUT2D eigenvalue weighted by molar-refractivity contribution is -0.384. The Balaban J connectivity index is 2.94. The van der Waals surface area contributed by atoms with E-state index < -0.39 is 4.92 Å². The first-order valence-electron chi connectivity index (χ1n) is 4.05. The Kier molecular flexibility index (Phi) is 3.95. The molecule has 78 valence electrons. The Bertz CT molecular complexity index is 431. The van der Waals surface area contributed by atoms with Gasteiger partial charge in [-0.25, -0.2) is 0 Å². The first-order chi connectivity index (χ1) is 7.04. The van der Waals surface area contributed by atoms with E-state index in [-0.39, 0.29) is 10.9 Å². The Morgan fingerprint density at radius 2 is 2.33 bits per heavy atom. The van der Waals surface area contributed by atoms with E-state index in [2.05, 4.69) is 0 Å². The fourth-order valence-electron chi connectivity index (χ4n) is 0.916. The maximum atomic E-state index is 10.4. The van der Waals surface area contributed by atoms with E-state index in [4.69, 9.17) is 16.9 Å². The average molecular weight is 243 g/mol. The number of nitro benzene ring substituents is 1. The molecule has 1 aromatic carbocycles. The van der Waals surface area contributed by atoms with Crippen molar-refractivity contribution in [2.75, 3.05) is 0 Å². The van der Waals surface area contributed by atoms with E-state index in [0.29, 0.717) is 9.92 Å². The molecule has 0 heterocycles. The van der Waals surface area contributed by atoms with Gasteiger partial charge in [0.25, 0.3) is 5.69 Å². The first kappa shape index (κ1) is 11.8. The van der Waals surface area contributed by atoms with Crippen molar-refractivity contribution in [3.63, 3.8) is 0 Å². The number of benzene rings is 1. The van der Waals surface area contributed by atoms with Crippen molar-refractivity contribution in [3.8, 4) is 6.07 Å². The second-order valence-electron chi connectivity index (χ2n) is 2.76. The van der Waals surface area contributed by atoms with E-state index in [1.54, 1.807) is 13.0 Å². The highest BCUT2D eigenvalue weighted by Gasteiger charge is 2.11. The molecular weight excluding hydrogens is 236 g/mol. The van der Waals surface area contributed by atoms with Crippen LogP contribution in [0.3, 0.4) is 0 Å². The monoisotopic (exact) mass is 242 g/mol. The molecule has 6 heteroatoms. The van der Waals surface area contributed by atoms with Gasteiger partial charge in [0.05, 0.1) is 21.3 Å². The molecule has 0 fully saturated rings. The largest absolute Gasteiger partial charge is 0.270 e. The van der Waals surface area contributed by atoms with Gasteiger partial charge in [-0.1, -0.05) is 11.6 Å². The van der Waals surface area contributed by atoms with Crippen LogP contribution in [0.1, 0.15) is 6.92 Å². The molecule has 0 bridgehead atoms. The summed E-state index contributed by atoms with van der Waals surface area (Å²) in [7, 11) is 0. The molecule has 4 nitrogen and oxygen atoms in total. The van der Waals surface area contributed by atoms with Crippen LogP contribution < -0.4 is 0 Å². The zero-order valence-electron chi connectivity index (χ0n) is 7.81. The molecule has 0 N–H and O–H groups in total. The summed E-state index contributed by atoms with van der Waals surface area (Å²) < 4.78 is 0. The lowest BCUT2D eigenvalue weighted by Crippen LogP contribution is -1.91. The van der Waals surface area contributed by atoms with E-state index >= 15 is 0 Å². The van der Waals surface area contributed by atoms with Crippen LogP contribution in [0, 0.1) is 21.4 Å². The van der Waals surface area contributed by atoms with Crippen molar-refractivity contribution in [1.82, 2.24) is 0 Å². The van der Waals surface area contributed by atoms with Crippen LogP contribution in [-0.4, -0.2) is 10.2 Å².